The summed E-state index contributed by atoms with van der Waals surface area (Å²) in [6, 6.07) is 19.5. The topological polar surface area (TPSA) is 85.3 Å². The van der Waals surface area contributed by atoms with Crippen LogP contribution < -0.4 is 14.2 Å². The van der Waals surface area contributed by atoms with Crippen molar-refractivity contribution in [1.82, 2.24) is 4.90 Å². The molecule has 0 spiro atoms. The molecular weight excluding hydrogens is 494 g/mol. The molecule has 0 aromatic heterocycles. The third-order valence-corrected chi connectivity index (χ3v) is 6.95. The average Bonchev–Trinajstić information content (AvgIpc) is 3.43. The van der Waals surface area contributed by atoms with E-state index < -0.39 is 17.7 Å². The van der Waals surface area contributed by atoms with Gasteiger partial charge < -0.3 is 24.2 Å². The van der Waals surface area contributed by atoms with Gasteiger partial charge in [0.25, 0.3) is 11.7 Å². The van der Waals surface area contributed by atoms with Crippen molar-refractivity contribution >= 4 is 17.4 Å². The van der Waals surface area contributed by atoms with E-state index in [9.17, 15) is 14.7 Å². The molecule has 0 saturated carbocycles. The van der Waals surface area contributed by atoms with E-state index in [4.69, 9.17) is 14.2 Å². The number of nitrogens with zero attached hydrogens (tertiary/aromatic N) is 1. The van der Waals surface area contributed by atoms with Crippen LogP contribution in [-0.4, -0.2) is 41.0 Å². The molecule has 0 aliphatic carbocycles. The first-order chi connectivity index (χ1) is 18.9. The molecule has 0 radical (unpaired) electrons. The maximum atomic E-state index is 13.5. The Balaban J connectivity index is 1.63. The van der Waals surface area contributed by atoms with Crippen molar-refractivity contribution < 1.29 is 28.9 Å². The summed E-state index contributed by atoms with van der Waals surface area (Å²) in [6.07, 6.45) is 1.59. The van der Waals surface area contributed by atoms with E-state index in [1.54, 1.807) is 24.3 Å². The molecule has 7 heteroatoms. The first kappa shape index (κ1) is 26.4. The van der Waals surface area contributed by atoms with E-state index >= 15 is 0 Å². The van der Waals surface area contributed by atoms with Crippen molar-refractivity contribution in [3.8, 4) is 17.2 Å². The van der Waals surface area contributed by atoms with Gasteiger partial charge in [-0.05, 0) is 67.3 Å². The van der Waals surface area contributed by atoms with Gasteiger partial charge in [0.05, 0.1) is 24.8 Å². The standard InChI is InChI=1S/C32H33NO6/c1-4-15-38-26-14-11-22(18-27(26)37-5-2)29-28(30(34)23-12-13-25-24(17-23)16-20(3)39-25)31(35)32(36)33(29)19-21-9-7-6-8-10-21/h6-14,17-18,20,29,34H,4-5,15-16,19H2,1-3H3/b30-28+/t20-,29-/m0/s1. The Morgan fingerprint density at radius 1 is 1.00 bits per heavy atom. The highest BCUT2D eigenvalue weighted by Gasteiger charge is 2.46. The van der Waals surface area contributed by atoms with Gasteiger partial charge in [-0.1, -0.05) is 43.3 Å². The van der Waals surface area contributed by atoms with Crippen molar-refractivity contribution in [2.45, 2.75) is 52.3 Å². The molecule has 1 fully saturated rings. The molecule has 2 aliphatic rings. The number of aliphatic hydroxyl groups excluding tert-OH is 1. The summed E-state index contributed by atoms with van der Waals surface area (Å²) >= 11 is 0. The lowest BCUT2D eigenvalue weighted by Gasteiger charge is -2.26. The molecule has 0 bridgehead atoms. The SMILES string of the molecule is CCCOc1ccc([C@H]2/C(=C(\O)c3ccc4c(c3)C[C@H](C)O4)C(=O)C(=O)N2Cc2ccccc2)cc1OCC. The van der Waals surface area contributed by atoms with Crippen LogP contribution in [0.4, 0.5) is 0 Å². The van der Waals surface area contributed by atoms with Crippen LogP contribution in [0.5, 0.6) is 17.2 Å². The second-order valence-electron chi connectivity index (χ2n) is 9.86. The third kappa shape index (κ3) is 5.21. The number of amides is 1. The third-order valence-electron chi connectivity index (χ3n) is 6.95. The smallest absolute Gasteiger partial charge is 0.295 e. The lowest BCUT2D eigenvalue weighted by atomic mass is 9.94. The van der Waals surface area contributed by atoms with Gasteiger partial charge in [-0.2, -0.15) is 0 Å². The predicted molar refractivity (Wildman–Crippen MR) is 148 cm³/mol. The lowest BCUT2D eigenvalue weighted by molar-refractivity contribution is -0.140. The van der Waals surface area contributed by atoms with Gasteiger partial charge in [-0.3, -0.25) is 9.59 Å². The lowest BCUT2D eigenvalue weighted by Crippen LogP contribution is -2.29. The summed E-state index contributed by atoms with van der Waals surface area (Å²) in [6.45, 7) is 7.06. The van der Waals surface area contributed by atoms with Crippen LogP contribution in [0.1, 0.15) is 55.5 Å². The number of aliphatic hydroxyl groups is 1. The van der Waals surface area contributed by atoms with E-state index in [0.717, 1.165) is 23.3 Å². The number of carbonyl (C=O) groups excluding carboxylic acids is 2. The van der Waals surface area contributed by atoms with E-state index in [0.29, 0.717) is 42.3 Å². The molecule has 3 aromatic rings. The van der Waals surface area contributed by atoms with Gasteiger partial charge in [-0.15, -0.1) is 0 Å². The largest absolute Gasteiger partial charge is 0.507 e. The fraction of sp³-hybridized carbons (Fsp3) is 0.312. The van der Waals surface area contributed by atoms with Crippen molar-refractivity contribution in [3.63, 3.8) is 0 Å². The molecule has 5 rings (SSSR count). The fourth-order valence-electron chi connectivity index (χ4n) is 5.19. The van der Waals surface area contributed by atoms with Crippen molar-refractivity contribution in [3.05, 3.63) is 94.6 Å². The van der Waals surface area contributed by atoms with Gasteiger partial charge >= 0.3 is 0 Å². The minimum absolute atomic E-state index is 0.0410. The van der Waals surface area contributed by atoms with Crippen molar-refractivity contribution in [2.24, 2.45) is 0 Å². The highest BCUT2D eigenvalue weighted by molar-refractivity contribution is 6.46. The molecule has 1 saturated heterocycles. The molecule has 3 aromatic carbocycles. The number of carbonyl (C=O) groups is 2. The van der Waals surface area contributed by atoms with Crippen LogP contribution in [-0.2, 0) is 22.6 Å². The summed E-state index contributed by atoms with van der Waals surface area (Å²) in [5.41, 5.74) is 3.00. The van der Waals surface area contributed by atoms with Crippen LogP contribution in [0.25, 0.3) is 5.76 Å². The quantitative estimate of drug-likeness (QED) is 0.214. The molecule has 202 valence electrons. The molecule has 2 heterocycles. The number of Topliss-reactive ketones (excluding diaryl/α,β-unsaturated/α-hetero) is 1. The monoisotopic (exact) mass is 527 g/mol. The number of benzene rings is 3. The Morgan fingerprint density at radius 2 is 1.79 bits per heavy atom. The highest BCUT2D eigenvalue weighted by atomic mass is 16.5. The summed E-state index contributed by atoms with van der Waals surface area (Å²) < 4.78 is 17.5. The Hall–Kier alpha value is -4.26. The summed E-state index contributed by atoms with van der Waals surface area (Å²) in [4.78, 5) is 28.5. The number of fused-ring (bicyclic) bond motifs is 1. The molecule has 39 heavy (non-hydrogen) atoms. The Labute approximate surface area is 228 Å². The normalized spacial score (nSPS) is 19.6. The molecule has 2 atom stereocenters. The van der Waals surface area contributed by atoms with E-state index in [-0.39, 0.29) is 24.0 Å². The van der Waals surface area contributed by atoms with Gasteiger partial charge in [-0.25, -0.2) is 0 Å². The fourth-order valence-corrected chi connectivity index (χ4v) is 5.19. The first-order valence-electron chi connectivity index (χ1n) is 13.4. The number of hydrogen-bond acceptors (Lipinski definition) is 6. The molecule has 0 unspecified atom stereocenters. The first-order valence-corrected chi connectivity index (χ1v) is 13.4. The number of ether oxygens (including phenoxy) is 3. The summed E-state index contributed by atoms with van der Waals surface area (Å²) in [7, 11) is 0. The van der Waals surface area contributed by atoms with Crippen LogP contribution in [0, 0.1) is 0 Å². The van der Waals surface area contributed by atoms with Crippen LogP contribution >= 0.6 is 0 Å². The molecule has 7 nitrogen and oxygen atoms in total. The second-order valence-corrected chi connectivity index (χ2v) is 9.86. The van der Waals surface area contributed by atoms with Crippen molar-refractivity contribution in [1.29, 1.82) is 0 Å². The summed E-state index contributed by atoms with van der Waals surface area (Å²) in [5.74, 6) is 0.299. The highest BCUT2D eigenvalue weighted by Crippen LogP contribution is 2.43. The van der Waals surface area contributed by atoms with Crippen LogP contribution in [0.3, 0.4) is 0 Å². The molecule has 1 N–H and O–H groups in total. The van der Waals surface area contributed by atoms with Gasteiger partial charge in [0.2, 0.25) is 0 Å². The van der Waals surface area contributed by atoms with E-state index in [2.05, 4.69) is 0 Å². The number of hydrogen-bond donors (Lipinski definition) is 1. The second kappa shape index (κ2) is 11.2. The zero-order valence-electron chi connectivity index (χ0n) is 22.5. The van der Waals surface area contributed by atoms with Crippen LogP contribution in [0.15, 0.2) is 72.3 Å². The van der Waals surface area contributed by atoms with Crippen LogP contribution in [0.2, 0.25) is 0 Å². The number of likely N-dealkylation sites (tertiary alicyclic amines) is 1. The van der Waals surface area contributed by atoms with E-state index in [1.807, 2.05) is 63.2 Å². The minimum Gasteiger partial charge on any atom is -0.507 e. The average molecular weight is 528 g/mol. The predicted octanol–water partition coefficient (Wildman–Crippen LogP) is 5.82. The number of rotatable bonds is 9. The zero-order valence-corrected chi connectivity index (χ0v) is 22.5. The maximum absolute atomic E-state index is 13.5. The van der Waals surface area contributed by atoms with Gasteiger partial charge in [0, 0.05) is 18.5 Å². The molecular formula is C32H33NO6. The Bertz CT molecular complexity index is 1410. The molecule has 1 amide bonds. The van der Waals surface area contributed by atoms with E-state index in [1.165, 1.54) is 4.90 Å². The number of ketones is 1. The van der Waals surface area contributed by atoms with Gasteiger partial charge in [0.1, 0.15) is 17.6 Å². The zero-order chi connectivity index (χ0) is 27.5. The van der Waals surface area contributed by atoms with Crippen molar-refractivity contribution in [2.75, 3.05) is 13.2 Å². The minimum atomic E-state index is -0.812. The maximum Gasteiger partial charge on any atom is 0.295 e. The summed E-state index contributed by atoms with van der Waals surface area (Å²) in [5, 5.41) is 11.5. The molecule has 2 aliphatic heterocycles. The Kier molecular flexibility index (Phi) is 7.59. The van der Waals surface area contributed by atoms with Gasteiger partial charge in [0.15, 0.2) is 11.5 Å². The Morgan fingerprint density at radius 3 is 2.54 bits per heavy atom.